The van der Waals surface area contributed by atoms with E-state index in [4.69, 9.17) is 20.9 Å². The summed E-state index contributed by atoms with van der Waals surface area (Å²) in [6.07, 6.45) is 24.4. The number of ether oxygens (including phenoxy) is 2. The third-order valence-corrected chi connectivity index (χ3v) is 9.02. The van der Waals surface area contributed by atoms with Gasteiger partial charge in [0, 0.05) is 30.9 Å². The predicted octanol–water partition coefficient (Wildman–Crippen LogP) is 7.59. The van der Waals surface area contributed by atoms with Crippen LogP contribution in [0, 0.1) is 0 Å². The fraction of sp³-hybridized carbons (Fsp3) is 0.914. The molecule has 260 valence electrons. The number of hydrogen-bond donors (Lipinski definition) is 3. The van der Waals surface area contributed by atoms with Crippen LogP contribution in [0.4, 0.5) is 0 Å². The topological polar surface area (TPSA) is 134 Å². The number of nitrogens with one attached hydrogen (secondary N) is 1. The lowest BCUT2D eigenvalue weighted by Crippen LogP contribution is -2.43. The van der Waals surface area contributed by atoms with E-state index in [1.165, 1.54) is 88.8 Å². The Bertz CT molecular complexity index is 683. The third kappa shape index (κ3) is 29.4. The van der Waals surface area contributed by atoms with Gasteiger partial charge in [-0.3, -0.25) is 14.4 Å². The normalized spacial score (nSPS) is 12.5. The van der Waals surface area contributed by atoms with Crippen LogP contribution in [0.25, 0.3) is 0 Å². The van der Waals surface area contributed by atoms with Crippen molar-refractivity contribution in [1.29, 1.82) is 0 Å². The Labute approximate surface area is 274 Å². The van der Waals surface area contributed by atoms with Crippen LogP contribution in [-0.4, -0.2) is 61.2 Å². The first kappa shape index (κ1) is 42.7. The molecule has 0 saturated heterocycles. The number of nitrogens with two attached hydrogens (primary N) is 2. The van der Waals surface area contributed by atoms with Crippen molar-refractivity contribution in [2.24, 2.45) is 11.5 Å². The quantitative estimate of drug-likeness (QED) is 0.0492. The van der Waals surface area contributed by atoms with E-state index >= 15 is 0 Å². The molecule has 1 amide bonds. The molecule has 0 aliphatic carbocycles. The molecule has 0 aromatic rings. The van der Waals surface area contributed by atoms with Crippen molar-refractivity contribution in [1.82, 2.24) is 5.32 Å². The van der Waals surface area contributed by atoms with Gasteiger partial charge < -0.3 is 26.3 Å². The summed E-state index contributed by atoms with van der Waals surface area (Å²) in [5.74, 6) is 0.132. The first-order valence-electron chi connectivity index (χ1n) is 18.1. The fourth-order valence-corrected chi connectivity index (χ4v) is 5.94. The SMILES string of the molecule is CCCCCCCCCCCC(=O)OC[C@H](CSC[C@@H](N)C(=O)NCCCCCN)OC(=O)CCCCCCCCCCC. The van der Waals surface area contributed by atoms with Crippen LogP contribution in [-0.2, 0) is 23.9 Å². The molecule has 2 atom stereocenters. The number of unbranched alkanes of at least 4 members (excludes halogenated alkanes) is 18. The Morgan fingerprint density at radius 1 is 0.636 bits per heavy atom. The van der Waals surface area contributed by atoms with Crippen LogP contribution >= 0.6 is 11.8 Å². The molecule has 0 rings (SSSR count). The van der Waals surface area contributed by atoms with E-state index in [1.807, 2.05) is 0 Å². The highest BCUT2D eigenvalue weighted by atomic mass is 32.2. The van der Waals surface area contributed by atoms with Crippen molar-refractivity contribution in [2.75, 3.05) is 31.2 Å². The van der Waals surface area contributed by atoms with Crippen LogP contribution in [0.1, 0.15) is 162 Å². The van der Waals surface area contributed by atoms with E-state index in [1.54, 1.807) is 0 Å². The number of hydrogen-bond acceptors (Lipinski definition) is 8. The van der Waals surface area contributed by atoms with Crippen molar-refractivity contribution in [3.8, 4) is 0 Å². The molecule has 0 radical (unpaired) electrons. The van der Waals surface area contributed by atoms with Gasteiger partial charge in [-0.15, -0.1) is 0 Å². The van der Waals surface area contributed by atoms with Crippen LogP contribution < -0.4 is 16.8 Å². The van der Waals surface area contributed by atoms with Crippen LogP contribution in [0.2, 0.25) is 0 Å². The van der Waals surface area contributed by atoms with E-state index < -0.39 is 12.1 Å². The Morgan fingerprint density at radius 2 is 1.11 bits per heavy atom. The molecule has 0 fully saturated rings. The Balaban J connectivity index is 4.44. The highest BCUT2D eigenvalue weighted by molar-refractivity contribution is 7.99. The molecule has 0 aromatic carbocycles. The third-order valence-electron chi connectivity index (χ3n) is 7.82. The maximum atomic E-state index is 12.6. The van der Waals surface area contributed by atoms with Crippen LogP contribution in [0.5, 0.6) is 0 Å². The van der Waals surface area contributed by atoms with E-state index in [0.717, 1.165) is 57.8 Å². The number of esters is 2. The average Bonchev–Trinajstić information content (AvgIpc) is 3.01. The number of carbonyl (C=O) groups is 3. The number of rotatable bonds is 33. The van der Waals surface area contributed by atoms with Crippen molar-refractivity contribution < 1.29 is 23.9 Å². The molecule has 0 spiro atoms. The second-order valence-corrected chi connectivity index (χ2v) is 13.3. The minimum absolute atomic E-state index is 0.0370. The Kier molecular flexibility index (Phi) is 32.1. The zero-order valence-electron chi connectivity index (χ0n) is 28.6. The Morgan fingerprint density at radius 3 is 1.64 bits per heavy atom. The minimum atomic E-state index is -0.651. The summed E-state index contributed by atoms with van der Waals surface area (Å²) in [6.45, 7) is 5.74. The van der Waals surface area contributed by atoms with E-state index in [0.29, 0.717) is 37.4 Å². The van der Waals surface area contributed by atoms with Crippen molar-refractivity contribution in [2.45, 2.75) is 174 Å². The molecule has 0 saturated carbocycles. The Hall–Kier alpha value is -1.32. The van der Waals surface area contributed by atoms with Gasteiger partial charge in [0.25, 0.3) is 0 Å². The maximum absolute atomic E-state index is 12.6. The first-order chi connectivity index (χ1) is 21.4. The van der Waals surface area contributed by atoms with Gasteiger partial charge in [-0.05, 0) is 32.2 Å². The summed E-state index contributed by atoms with van der Waals surface area (Å²) in [7, 11) is 0. The van der Waals surface area contributed by atoms with Gasteiger partial charge in [0.1, 0.15) is 12.7 Å². The molecular formula is C35H69N3O5S. The molecule has 0 aliphatic rings. The van der Waals surface area contributed by atoms with Crippen molar-refractivity contribution >= 4 is 29.6 Å². The van der Waals surface area contributed by atoms with Gasteiger partial charge in [-0.25, -0.2) is 0 Å². The predicted molar refractivity (Wildman–Crippen MR) is 186 cm³/mol. The van der Waals surface area contributed by atoms with Crippen molar-refractivity contribution in [3.63, 3.8) is 0 Å². The summed E-state index contributed by atoms with van der Waals surface area (Å²) in [6, 6.07) is -0.651. The van der Waals surface area contributed by atoms with Gasteiger partial charge in [0.2, 0.25) is 5.91 Å². The zero-order valence-corrected chi connectivity index (χ0v) is 29.4. The summed E-state index contributed by atoms with van der Waals surface area (Å²) in [5, 5.41) is 2.87. The van der Waals surface area contributed by atoms with E-state index in [9.17, 15) is 14.4 Å². The van der Waals surface area contributed by atoms with Gasteiger partial charge in [0.15, 0.2) is 0 Å². The number of thioether (sulfide) groups is 1. The molecule has 5 N–H and O–H groups in total. The van der Waals surface area contributed by atoms with Crippen molar-refractivity contribution in [3.05, 3.63) is 0 Å². The minimum Gasteiger partial charge on any atom is -0.462 e. The maximum Gasteiger partial charge on any atom is 0.306 e. The summed E-state index contributed by atoms with van der Waals surface area (Å²) >= 11 is 1.44. The number of amides is 1. The molecular weight excluding hydrogens is 574 g/mol. The molecule has 44 heavy (non-hydrogen) atoms. The van der Waals surface area contributed by atoms with Gasteiger partial charge >= 0.3 is 11.9 Å². The summed E-state index contributed by atoms with van der Waals surface area (Å²) < 4.78 is 11.2. The summed E-state index contributed by atoms with van der Waals surface area (Å²) in [4.78, 5) is 37.3. The monoisotopic (exact) mass is 643 g/mol. The van der Waals surface area contributed by atoms with Gasteiger partial charge in [-0.2, -0.15) is 11.8 Å². The second-order valence-electron chi connectivity index (χ2n) is 12.2. The largest absolute Gasteiger partial charge is 0.462 e. The van der Waals surface area contributed by atoms with Gasteiger partial charge in [-0.1, -0.05) is 123 Å². The summed E-state index contributed by atoms with van der Waals surface area (Å²) in [5.41, 5.74) is 11.6. The molecule has 8 nitrogen and oxygen atoms in total. The fourth-order valence-electron chi connectivity index (χ4n) is 4.97. The standard InChI is InChI=1S/C35H69N3O5S/c1-3-5-7-9-11-13-15-17-20-24-33(39)42-28-31(29-44-30-32(37)35(41)38-27-23-19-22-26-36)43-34(40)25-21-18-16-14-12-10-8-6-4-2/h31-32H,3-30,36-37H2,1-2H3,(H,38,41)/t31-,32-/m1/s1. The molecule has 0 unspecified atom stereocenters. The first-order valence-corrected chi connectivity index (χ1v) is 19.3. The highest BCUT2D eigenvalue weighted by Crippen LogP contribution is 2.14. The molecule has 0 bridgehead atoms. The number of carbonyl (C=O) groups excluding carboxylic acids is 3. The molecule has 9 heteroatoms. The van der Waals surface area contributed by atoms with Crippen LogP contribution in [0.15, 0.2) is 0 Å². The molecule has 0 aliphatic heterocycles. The average molecular weight is 644 g/mol. The lowest BCUT2D eigenvalue weighted by molar-refractivity contribution is -0.157. The van der Waals surface area contributed by atoms with Gasteiger partial charge in [0.05, 0.1) is 6.04 Å². The second kappa shape index (κ2) is 33.1. The van der Waals surface area contributed by atoms with E-state index in [-0.39, 0.29) is 24.5 Å². The smallest absolute Gasteiger partial charge is 0.306 e. The zero-order chi connectivity index (χ0) is 32.5. The molecule has 0 aromatic heterocycles. The lowest BCUT2D eigenvalue weighted by Gasteiger charge is -2.19. The highest BCUT2D eigenvalue weighted by Gasteiger charge is 2.19. The van der Waals surface area contributed by atoms with Crippen LogP contribution in [0.3, 0.4) is 0 Å². The molecule has 0 heterocycles. The van der Waals surface area contributed by atoms with E-state index in [2.05, 4.69) is 19.2 Å². The lowest BCUT2D eigenvalue weighted by atomic mass is 10.1.